The summed E-state index contributed by atoms with van der Waals surface area (Å²) >= 11 is 1.86. The molecule has 0 saturated carbocycles. The van der Waals surface area contributed by atoms with E-state index in [9.17, 15) is 0 Å². The van der Waals surface area contributed by atoms with Gasteiger partial charge in [-0.1, -0.05) is 164 Å². The Morgan fingerprint density at radius 3 is 1.37 bits per heavy atom. The molecule has 0 aliphatic rings. The zero-order valence-electron chi connectivity index (χ0n) is 30.5. The van der Waals surface area contributed by atoms with E-state index in [-0.39, 0.29) is 0 Å². The molecule has 57 heavy (non-hydrogen) atoms. The van der Waals surface area contributed by atoms with Crippen LogP contribution in [0.5, 0.6) is 0 Å². The minimum Gasteiger partial charge on any atom is -0.308 e. The topological polar surface area (TPSA) is 48.5 Å². The average molecular weight is 746 g/mol. The molecule has 5 nitrogen and oxygen atoms in total. The molecule has 0 fully saturated rings. The standard InChI is InChI=1S/C51H31N5S/c1-4-15-32(16-5-1)35-21-14-22-36(31-35)55-43-25-12-10-23-37(43)39-27-29-41-42-30-28-40-38-24-11-13-26-44(38)56(46(40)48(42)57-47(41)45(39)55)51-53-49(33-17-6-2-7-18-33)52-50(54-51)34-19-8-3-9-20-34/h1-31H. The van der Waals surface area contributed by atoms with Crippen LogP contribution in [0.15, 0.2) is 188 Å². The SMILES string of the molecule is c1ccc(-c2cccc(-n3c4ccccc4c4ccc5c6ccc7c8ccccc8n(-c8nc(-c9ccccc9)nc(-c9ccccc9)n8)c7c6sc5c43)c2)cc1. The maximum atomic E-state index is 5.24. The highest BCUT2D eigenvalue weighted by molar-refractivity contribution is 7.27. The van der Waals surface area contributed by atoms with Gasteiger partial charge in [0.2, 0.25) is 5.95 Å². The van der Waals surface area contributed by atoms with Crippen LogP contribution >= 0.6 is 11.3 Å². The first-order valence-electron chi connectivity index (χ1n) is 19.1. The van der Waals surface area contributed by atoms with Gasteiger partial charge in [-0.3, -0.25) is 4.57 Å². The van der Waals surface area contributed by atoms with Gasteiger partial charge in [0, 0.05) is 49.1 Å². The van der Waals surface area contributed by atoms with E-state index in [1.807, 2.05) is 47.7 Å². The third-order valence-electron chi connectivity index (χ3n) is 11.2. The van der Waals surface area contributed by atoms with Gasteiger partial charge in [0.05, 0.1) is 31.5 Å². The number of thiophene rings is 1. The number of hydrogen-bond acceptors (Lipinski definition) is 4. The Labute approximate surface area is 331 Å². The summed E-state index contributed by atoms with van der Waals surface area (Å²) in [6.07, 6.45) is 0. The molecule has 0 radical (unpaired) electrons. The fourth-order valence-corrected chi connectivity index (χ4v) is 9.99. The molecule has 12 rings (SSSR count). The van der Waals surface area contributed by atoms with Gasteiger partial charge in [0.15, 0.2) is 11.6 Å². The van der Waals surface area contributed by atoms with Crippen LogP contribution in [0.4, 0.5) is 0 Å². The summed E-state index contributed by atoms with van der Waals surface area (Å²) in [6, 6.07) is 66.5. The van der Waals surface area contributed by atoms with E-state index >= 15 is 0 Å². The first-order chi connectivity index (χ1) is 28.3. The van der Waals surface area contributed by atoms with Crippen LogP contribution < -0.4 is 0 Å². The van der Waals surface area contributed by atoms with Gasteiger partial charge in [0.1, 0.15) is 0 Å². The number of hydrogen-bond donors (Lipinski definition) is 0. The van der Waals surface area contributed by atoms with E-state index in [0.717, 1.165) is 33.2 Å². The Hall–Kier alpha value is -7.41. The monoisotopic (exact) mass is 745 g/mol. The van der Waals surface area contributed by atoms with Gasteiger partial charge in [-0.25, -0.2) is 4.98 Å². The third-order valence-corrected chi connectivity index (χ3v) is 12.4. The Balaban J connectivity index is 1.19. The fraction of sp³-hybridized carbons (Fsp3) is 0. The molecule has 0 N–H and O–H groups in total. The highest BCUT2D eigenvalue weighted by Gasteiger charge is 2.23. The summed E-state index contributed by atoms with van der Waals surface area (Å²) in [5.74, 6) is 1.87. The average Bonchev–Trinajstić information content (AvgIpc) is 3.95. The molecule has 0 saturated heterocycles. The molecule has 4 aromatic heterocycles. The molecule has 0 aliphatic carbocycles. The van der Waals surface area contributed by atoms with Crippen molar-refractivity contribution >= 4 is 75.1 Å². The van der Waals surface area contributed by atoms with Crippen LogP contribution in [-0.2, 0) is 0 Å². The lowest BCUT2D eigenvalue weighted by atomic mass is 10.1. The zero-order chi connectivity index (χ0) is 37.5. The van der Waals surface area contributed by atoms with Gasteiger partial charge in [-0.15, -0.1) is 11.3 Å². The molecule has 8 aromatic carbocycles. The molecule has 0 atom stereocenters. The van der Waals surface area contributed by atoms with Crippen LogP contribution in [-0.4, -0.2) is 24.1 Å². The smallest absolute Gasteiger partial charge is 0.238 e. The van der Waals surface area contributed by atoms with Crippen molar-refractivity contribution in [2.45, 2.75) is 0 Å². The van der Waals surface area contributed by atoms with Gasteiger partial charge < -0.3 is 4.57 Å². The predicted octanol–water partition coefficient (Wildman–Crippen LogP) is 13.4. The molecule has 6 heteroatoms. The lowest BCUT2D eigenvalue weighted by Gasteiger charge is -2.11. The zero-order valence-corrected chi connectivity index (χ0v) is 31.4. The lowest BCUT2D eigenvalue weighted by Crippen LogP contribution is -2.06. The summed E-state index contributed by atoms with van der Waals surface area (Å²) in [5, 5.41) is 7.25. The van der Waals surface area contributed by atoms with Crippen molar-refractivity contribution in [3.63, 3.8) is 0 Å². The minimum absolute atomic E-state index is 0.593. The Kier molecular flexibility index (Phi) is 7.03. The van der Waals surface area contributed by atoms with Crippen molar-refractivity contribution in [3.05, 3.63) is 188 Å². The molecule has 0 spiro atoms. The van der Waals surface area contributed by atoms with Crippen LogP contribution in [0.1, 0.15) is 0 Å². The summed E-state index contributed by atoms with van der Waals surface area (Å²) in [6.45, 7) is 0. The molecular weight excluding hydrogens is 715 g/mol. The highest BCUT2D eigenvalue weighted by Crippen LogP contribution is 2.47. The molecule has 0 unspecified atom stereocenters. The van der Waals surface area contributed by atoms with Crippen molar-refractivity contribution in [1.29, 1.82) is 0 Å². The number of rotatable bonds is 5. The van der Waals surface area contributed by atoms with E-state index < -0.39 is 0 Å². The second-order valence-corrected chi connectivity index (χ2v) is 15.4. The molecule has 4 heterocycles. The minimum atomic E-state index is 0.593. The van der Waals surface area contributed by atoms with E-state index in [4.69, 9.17) is 15.0 Å². The van der Waals surface area contributed by atoms with Gasteiger partial charge >= 0.3 is 0 Å². The first-order valence-corrected chi connectivity index (χ1v) is 19.9. The second-order valence-electron chi connectivity index (χ2n) is 14.4. The van der Waals surface area contributed by atoms with Crippen molar-refractivity contribution in [3.8, 4) is 45.5 Å². The van der Waals surface area contributed by atoms with Crippen molar-refractivity contribution < 1.29 is 0 Å². The van der Waals surface area contributed by atoms with Crippen molar-refractivity contribution in [2.75, 3.05) is 0 Å². The summed E-state index contributed by atoms with van der Waals surface area (Å²) < 4.78 is 7.17. The Morgan fingerprint density at radius 1 is 0.333 bits per heavy atom. The number of para-hydroxylation sites is 2. The van der Waals surface area contributed by atoms with E-state index in [1.54, 1.807) is 0 Å². The quantitative estimate of drug-likeness (QED) is 0.176. The number of benzene rings is 8. The summed E-state index contributed by atoms with van der Waals surface area (Å²) in [5.41, 5.74) is 9.97. The van der Waals surface area contributed by atoms with Crippen LogP contribution in [0, 0.1) is 0 Å². The maximum Gasteiger partial charge on any atom is 0.238 e. The van der Waals surface area contributed by atoms with E-state index in [0.29, 0.717) is 17.6 Å². The highest BCUT2D eigenvalue weighted by atomic mass is 32.1. The third kappa shape index (κ3) is 4.91. The normalized spacial score (nSPS) is 11.9. The van der Waals surface area contributed by atoms with E-state index in [2.05, 4.69) is 161 Å². The summed E-state index contributed by atoms with van der Waals surface area (Å²) in [4.78, 5) is 15.5. The molecule has 12 aromatic rings. The molecule has 0 amide bonds. The first kappa shape index (κ1) is 31.9. The van der Waals surface area contributed by atoms with Gasteiger partial charge in [-0.2, -0.15) is 9.97 Å². The largest absolute Gasteiger partial charge is 0.308 e. The second kappa shape index (κ2) is 12.6. The lowest BCUT2D eigenvalue weighted by molar-refractivity contribution is 0.955. The molecule has 0 bridgehead atoms. The molecular formula is C51H31N5S. The predicted molar refractivity (Wildman–Crippen MR) is 238 cm³/mol. The fourth-order valence-electron chi connectivity index (χ4n) is 8.62. The summed E-state index contributed by atoms with van der Waals surface area (Å²) in [7, 11) is 0. The Morgan fingerprint density at radius 2 is 0.789 bits per heavy atom. The van der Waals surface area contributed by atoms with Crippen LogP contribution in [0.3, 0.4) is 0 Å². The Bertz CT molecular complexity index is 3450. The number of fused-ring (bicyclic) bond motifs is 11. The van der Waals surface area contributed by atoms with Crippen LogP contribution in [0.25, 0.3) is 109 Å². The molecule has 0 aliphatic heterocycles. The number of aromatic nitrogens is 5. The molecule has 266 valence electrons. The maximum absolute atomic E-state index is 5.24. The van der Waals surface area contributed by atoms with Crippen LogP contribution in [0.2, 0.25) is 0 Å². The van der Waals surface area contributed by atoms with Gasteiger partial charge in [-0.05, 0) is 35.4 Å². The number of nitrogens with zero attached hydrogens (tertiary/aromatic N) is 5. The van der Waals surface area contributed by atoms with E-state index in [1.165, 1.54) is 58.5 Å². The van der Waals surface area contributed by atoms with Gasteiger partial charge in [0.25, 0.3) is 0 Å². The van der Waals surface area contributed by atoms with Crippen molar-refractivity contribution in [1.82, 2.24) is 24.1 Å². The van der Waals surface area contributed by atoms with Crippen molar-refractivity contribution in [2.24, 2.45) is 0 Å².